The number of hydrogen-bond donors (Lipinski definition) is 1. The average molecular weight is 324 g/mol. The molecular weight excluding hydrogens is 302 g/mol. The molecule has 104 valence electrons. The number of hydrogen-bond acceptors (Lipinski definition) is 3. The highest BCUT2D eigenvalue weighted by Gasteiger charge is 2.24. The van der Waals surface area contributed by atoms with Crippen LogP contribution in [-0.2, 0) is 0 Å². The second-order valence-electron chi connectivity index (χ2n) is 5.50. The Labute approximate surface area is 124 Å². The number of halogens is 1. The van der Waals surface area contributed by atoms with Gasteiger partial charge < -0.3 is 10.2 Å². The molecule has 0 aromatic heterocycles. The summed E-state index contributed by atoms with van der Waals surface area (Å²) >= 11 is 3.56. The molecule has 0 spiro atoms. The van der Waals surface area contributed by atoms with Crippen molar-refractivity contribution in [2.45, 2.75) is 18.9 Å². The fourth-order valence-corrected chi connectivity index (χ4v) is 3.55. The van der Waals surface area contributed by atoms with E-state index in [1.54, 1.807) is 0 Å². The quantitative estimate of drug-likeness (QED) is 0.901. The van der Waals surface area contributed by atoms with E-state index in [0.29, 0.717) is 0 Å². The lowest BCUT2D eigenvalue weighted by Gasteiger charge is -2.41. The number of piperidine rings is 1. The summed E-state index contributed by atoms with van der Waals surface area (Å²) in [6.07, 6.45) is 2.69. The predicted octanol–water partition coefficient (Wildman–Crippen LogP) is 2.32. The van der Waals surface area contributed by atoms with E-state index in [0.717, 1.165) is 19.1 Å². The molecule has 19 heavy (non-hydrogen) atoms. The molecular formula is C15H22BrN3. The van der Waals surface area contributed by atoms with Crippen molar-refractivity contribution in [3.05, 3.63) is 28.7 Å². The van der Waals surface area contributed by atoms with Crippen LogP contribution >= 0.6 is 15.9 Å². The van der Waals surface area contributed by atoms with Gasteiger partial charge in [0.25, 0.3) is 0 Å². The number of nitrogens with one attached hydrogen (secondary N) is 1. The highest BCUT2D eigenvalue weighted by molar-refractivity contribution is 9.10. The Kier molecular flexibility index (Phi) is 4.41. The molecule has 0 bridgehead atoms. The Morgan fingerprint density at radius 3 is 2.68 bits per heavy atom. The van der Waals surface area contributed by atoms with E-state index >= 15 is 0 Å². The van der Waals surface area contributed by atoms with E-state index < -0.39 is 0 Å². The van der Waals surface area contributed by atoms with Crippen LogP contribution in [0.3, 0.4) is 0 Å². The van der Waals surface area contributed by atoms with E-state index in [9.17, 15) is 0 Å². The van der Waals surface area contributed by atoms with Crippen molar-refractivity contribution in [1.82, 2.24) is 10.2 Å². The van der Waals surface area contributed by atoms with Crippen LogP contribution in [-0.4, -0.2) is 50.2 Å². The summed E-state index contributed by atoms with van der Waals surface area (Å²) in [5.74, 6) is 0. The van der Waals surface area contributed by atoms with Crippen molar-refractivity contribution in [3.8, 4) is 0 Å². The Balaban J connectivity index is 1.57. The molecule has 1 aromatic rings. The number of piperazine rings is 1. The first kappa shape index (κ1) is 13.4. The molecule has 3 rings (SSSR count). The van der Waals surface area contributed by atoms with Gasteiger partial charge in [-0.1, -0.05) is 22.0 Å². The SMILES string of the molecule is Brc1cccc(N2CCN(C3CCCNC3)CC2)c1. The number of anilines is 1. The van der Waals surface area contributed by atoms with Crippen LogP contribution in [0.2, 0.25) is 0 Å². The molecule has 4 heteroatoms. The normalized spacial score (nSPS) is 25.5. The van der Waals surface area contributed by atoms with Crippen LogP contribution in [0.5, 0.6) is 0 Å². The van der Waals surface area contributed by atoms with Crippen molar-refractivity contribution in [2.24, 2.45) is 0 Å². The zero-order valence-corrected chi connectivity index (χ0v) is 12.9. The van der Waals surface area contributed by atoms with Gasteiger partial charge in [0.05, 0.1) is 0 Å². The van der Waals surface area contributed by atoms with Gasteiger partial charge in [-0.25, -0.2) is 0 Å². The van der Waals surface area contributed by atoms with Crippen molar-refractivity contribution < 1.29 is 0 Å². The fraction of sp³-hybridized carbons (Fsp3) is 0.600. The Bertz CT molecular complexity index is 410. The standard InChI is InChI=1S/C15H22BrN3/c16-13-3-1-4-14(11-13)18-7-9-19(10-8-18)15-5-2-6-17-12-15/h1,3-4,11,15,17H,2,5-10,12H2. The number of benzene rings is 1. The van der Waals surface area contributed by atoms with Gasteiger partial charge in [0.2, 0.25) is 0 Å². The molecule has 0 saturated carbocycles. The summed E-state index contributed by atoms with van der Waals surface area (Å²) in [7, 11) is 0. The van der Waals surface area contributed by atoms with E-state index in [1.807, 2.05) is 0 Å². The Morgan fingerprint density at radius 1 is 1.16 bits per heavy atom. The zero-order valence-electron chi connectivity index (χ0n) is 11.3. The van der Waals surface area contributed by atoms with E-state index in [-0.39, 0.29) is 0 Å². The first-order valence-corrected chi connectivity index (χ1v) is 8.07. The second kappa shape index (κ2) is 6.25. The third-order valence-corrected chi connectivity index (χ3v) is 4.77. The first-order valence-electron chi connectivity index (χ1n) is 7.28. The molecule has 3 nitrogen and oxygen atoms in total. The minimum Gasteiger partial charge on any atom is -0.369 e. The topological polar surface area (TPSA) is 18.5 Å². The minimum atomic E-state index is 0.762. The van der Waals surface area contributed by atoms with Crippen molar-refractivity contribution in [2.75, 3.05) is 44.2 Å². The van der Waals surface area contributed by atoms with Crippen LogP contribution in [0.15, 0.2) is 28.7 Å². The molecule has 2 saturated heterocycles. The van der Waals surface area contributed by atoms with Gasteiger partial charge >= 0.3 is 0 Å². The Morgan fingerprint density at radius 2 is 2.00 bits per heavy atom. The largest absolute Gasteiger partial charge is 0.369 e. The number of nitrogens with zero attached hydrogens (tertiary/aromatic N) is 2. The molecule has 2 aliphatic heterocycles. The van der Waals surface area contributed by atoms with Crippen molar-refractivity contribution in [1.29, 1.82) is 0 Å². The summed E-state index contributed by atoms with van der Waals surface area (Å²) in [5.41, 5.74) is 1.34. The summed E-state index contributed by atoms with van der Waals surface area (Å²) in [5, 5.41) is 3.52. The lowest BCUT2D eigenvalue weighted by molar-refractivity contribution is 0.157. The molecule has 2 heterocycles. The minimum absolute atomic E-state index is 0.762. The number of rotatable bonds is 2. The molecule has 2 fully saturated rings. The lowest BCUT2D eigenvalue weighted by atomic mass is 10.0. The molecule has 1 aromatic carbocycles. The van der Waals surface area contributed by atoms with Gasteiger partial charge in [-0.05, 0) is 37.6 Å². The molecule has 2 aliphatic rings. The van der Waals surface area contributed by atoms with Crippen LogP contribution in [0.25, 0.3) is 0 Å². The monoisotopic (exact) mass is 323 g/mol. The van der Waals surface area contributed by atoms with E-state index in [2.05, 4.69) is 55.3 Å². The van der Waals surface area contributed by atoms with Gasteiger partial charge in [-0.15, -0.1) is 0 Å². The third kappa shape index (κ3) is 3.30. The van der Waals surface area contributed by atoms with Gasteiger partial charge in [-0.2, -0.15) is 0 Å². The molecule has 0 amide bonds. The van der Waals surface area contributed by atoms with Crippen LogP contribution in [0.4, 0.5) is 5.69 Å². The van der Waals surface area contributed by atoms with Crippen LogP contribution in [0, 0.1) is 0 Å². The van der Waals surface area contributed by atoms with Gasteiger partial charge in [0.15, 0.2) is 0 Å². The van der Waals surface area contributed by atoms with Crippen LogP contribution in [0.1, 0.15) is 12.8 Å². The predicted molar refractivity (Wildman–Crippen MR) is 83.8 cm³/mol. The summed E-state index contributed by atoms with van der Waals surface area (Å²) < 4.78 is 1.17. The average Bonchev–Trinajstić information content (AvgIpc) is 2.48. The summed E-state index contributed by atoms with van der Waals surface area (Å²) in [4.78, 5) is 5.16. The zero-order chi connectivity index (χ0) is 13.1. The first-order chi connectivity index (χ1) is 9.33. The lowest BCUT2D eigenvalue weighted by Crippen LogP contribution is -2.54. The van der Waals surface area contributed by atoms with Gasteiger partial charge in [-0.3, -0.25) is 4.90 Å². The second-order valence-corrected chi connectivity index (χ2v) is 6.42. The van der Waals surface area contributed by atoms with Crippen LogP contribution < -0.4 is 10.2 Å². The summed E-state index contributed by atoms with van der Waals surface area (Å²) in [6.45, 7) is 7.06. The molecule has 0 radical (unpaired) electrons. The van der Waals surface area contributed by atoms with Crippen molar-refractivity contribution in [3.63, 3.8) is 0 Å². The van der Waals surface area contributed by atoms with Gasteiger partial charge in [0.1, 0.15) is 0 Å². The third-order valence-electron chi connectivity index (χ3n) is 4.27. The molecule has 1 N–H and O–H groups in total. The summed E-state index contributed by atoms with van der Waals surface area (Å²) in [6, 6.07) is 9.41. The molecule has 1 unspecified atom stereocenters. The Hall–Kier alpha value is -0.580. The fourth-order valence-electron chi connectivity index (χ4n) is 3.16. The molecule has 0 aliphatic carbocycles. The smallest absolute Gasteiger partial charge is 0.0378 e. The van der Waals surface area contributed by atoms with Gasteiger partial charge in [0, 0.05) is 48.9 Å². The maximum Gasteiger partial charge on any atom is 0.0378 e. The van der Waals surface area contributed by atoms with E-state index in [1.165, 1.54) is 49.2 Å². The highest BCUT2D eigenvalue weighted by Crippen LogP contribution is 2.22. The van der Waals surface area contributed by atoms with Crippen molar-refractivity contribution >= 4 is 21.6 Å². The molecule has 1 atom stereocenters. The highest BCUT2D eigenvalue weighted by atomic mass is 79.9. The maximum absolute atomic E-state index is 3.56. The van der Waals surface area contributed by atoms with E-state index in [4.69, 9.17) is 0 Å². The maximum atomic E-state index is 3.56.